The van der Waals surface area contributed by atoms with Gasteiger partial charge in [0.15, 0.2) is 0 Å². The quantitative estimate of drug-likeness (QED) is 0.924. The first-order chi connectivity index (χ1) is 9.27. The van der Waals surface area contributed by atoms with Crippen molar-refractivity contribution in [3.8, 4) is 0 Å². The molecule has 0 spiro atoms. The first kappa shape index (κ1) is 15.3. The van der Waals surface area contributed by atoms with Gasteiger partial charge in [-0.15, -0.1) is 0 Å². The van der Waals surface area contributed by atoms with Crippen LogP contribution in [0.3, 0.4) is 0 Å². The summed E-state index contributed by atoms with van der Waals surface area (Å²) in [6, 6.07) is 4.95. The highest BCUT2D eigenvalue weighted by Crippen LogP contribution is 2.31. The van der Waals surface area contributed by atoms with Crippen molar-refractivity contribution < 1.29 is 13.2 Å². The summed E-state index contributed by atoms with van der Waals surface area (Å²) in [7, 11) is 0. The maximum atomic E-state index is 12.7. The van der Waals surface area contributed by atoms with Gasteiger partial charge in [0.25, 0.3) is 0 Å². The van der Waals surface area contributed by atoms with Crippen LogP contribution in [0.4, 0.5) is 13.2 Å². The molecule has 1 aromatic carbocycles. The fraction of sp³-hybridized carbons (Fsp3) is 0.600. The molecule has 3 unspecified atom stereocenters. The topological polar surface area (TPSA) is 29.3 Å². The van der Waals surface area contributed by atoms with Crippen LogP contribution in [0.15, 0.2) is 24.3 Å². The summed E-state index contributed by atoms with van der Waals surface area (Å²) in [5.41, 5.74) is 5.99. The van der Waals surface area contributed by atoms with Crippen molar-refractivity contribution in [1.82, 2.24) is 4.90 Å². The van der Waals surface area contributed by atoms with Crippen LogP contribution in [0.2, 0.25) is 0 Å². The van der Waals surface area contributed by atoms with Crippen molar-refractivity contribution in [2.45, 2.75) is 26.1 Å². The van der Waals surface area contributed by atoms with Crippen LogP contribution in [0.5, 0.6) is 0 Å². The zero-order valence-corrected chi connectivity index (χ0v) is 11.8. The van der Waals surface area contributed by atoms with Crippen molar-refractivity contribution in [3.63, 3.8) is 0 Å². The van der Waals surface area contributed by atoms with E-state index in [0.29, 0.717) is 23.9 Å². The van der Waals surface area contributed by atoms with Gasteiger partial charge >= 0.3 is 6.18 Å². The zero-order valence-electron chi connectivity index (χ0n) is 11.8. The molecule has 20 heavy (non-hydrogen) atoms. The lowest BCUT2D eigenvalue weighted by atomic mass is 10.0. The van der Waals surface area contributed by atoms with Gasteiger partial charge in [0, 0.05) is 25.7 Å². The second kappa shape index (κ2) is 5.74. The van der Waals surface area contributed by atoms with Crippen molar-refractivity contribution in [1.29, 1.82) is 0 Å². The van der Waals surface area contributed by atoms with Gasteiger partial charge < -0.3 is 10.6 Å². The molecule has 112 valence electrons. The van der Waals surface area contributed by atoms with E-state index in [-0.39, 0.29) is 6.04 Å². The fourth-order valence-corrected chi connectivity index (χ4v) is 2.73. The third-order valence-corrected chi connectivity index (χ3v) is 4.16. The third kappa shape index (κ3) is 3.52. The minimum Gasteiger partial charge on any atom is -0.323 e. The summed E-state index contributed by atoms with van der Waals surface area (Å²) in [5, 5.41) is 0. The number of hydrogen-bond acceptors (Lipinski definition) is 2. The Kier molecular flexibility index (Phi) is 4.39. The number of nitrogens with two attached hydrogens (primary N) is 1. The van der Waals surface area contributed by atoms with Crippen molar-refractivity contribution in [2.24, 2.45) is 17.6 Å². The predicted molar refractivity (Wildman–Crippen MR) is 73.1 cm³/mol. The second-order valence-corrected chi connectivity index (χ2v) is 5.90. The lowest BCUT2D eigenvalue weighted by Crippen LogP contribution is -2.30. The van der Waals surface area contributed by atoms with E-state index in [0.717, 1.165) is 25.2 Å². The maximum absolute atomic E-state index is 12.7. The number of rotatable bonds is 3. The molecule has 0 radical (unpaired) electrons. The van der Waals surface area contributed by atoms with Gasteiger partial charge in [-0.25, -0.2) is 0 Å². The minimum absolute atomic E-state index is 0.380. The van der Waals surface area contributed by atoms with Gasteiger partial charge in [0.1, 0.15) is 0 Å². The van der Waals surface area contributed by atoms with E-state index in [9.17, 15) is 13.2 Å². The van der Waals surface area contributed by atoms with Crippen molar-refractivity contribution in [3.05, 3.63) is 35.4 Å². The van der Waals surface area contributed by atoms with Crippen LogP contribution < -0.4 is 5.73 Å². The minimum atomic E-state index is -4.31. The van der Waals surface area contributed by atoms with Gasteiger partial charge in [0.2, 0.25) is 0 Å². The molecule has 3 atom stereocenters. The molecule has 1 fully saturated rings. The number of hydrogen-bond donors (Lipinski definition) is 1. The Bertz CT molecular complexity index is 449. The highest BCUT2D eigenvalue weighted by atomic mass is 19.4. The Morgan fingerprint density at radius 1 is 1.25 bits per heavy atom. The van der Waals surface area contributed by atoms with Gasteiger partial charge in [-0.1, -0.05) is 26.0 Å². The van der Waals surface area contributed by atoms with Crippen molar-refractivity contribution >= 4 is 0 Å². The second-order valence-electron chi connectivity index (χ2n) is 5.90. The van der Waals surface area contributed by atoms with E-state index in [2.05, 4.69) is 18.7 Å². The summed E-state index contributed by atoms with van der Waals surface area (Å²) in [4.78, 5) is 2.24. The molecule has 1 heterocycles. The molecule has 0 amide bonds. The van der Waals surface area contributed by atoms with Crippen LogP contribution in [0, 0.1) is 11.8 Å². The molecular formula is C15H21F3N2. The monoisotopic (exact) mass is 286 g/mol. The predicted octanol–water partition coefficient (Wildman–Crippen LogP) is 3.29. The number of alkyl halides is 3. The molecule has 1 aliphatic rings. The first-order valence-electron chi connectivity index (χ1n) is 6.92. The molecule has 0 aromatic heterocycles. The SMILES string of the molecule is CC1CN(CC(N)c2cccc(C(F)(F)F)c2)CC1C. The summed E-state index contributed by atoms with van der Waals surface area (Å²) in [6.45, 7) is 6.93. The molecule has 0 bridgehead atoms. The molecule has 2 rings (SSSR count). The van der Waals surface area contributed by atoms with Gasteiger partial charge in [-0.05, 0) is 29.5 Å². The largest absolute Gasteiger partial charge is 0.416 e. The third-order valence-electron chi connectivity index (χ3n) is 4.16. The highest BCUT2D eigenvalue weighted by Gasteiger charge is 2.31. The molecule has 0 aliphatic carbocycles. The molecule has 2 N–H and O–H groups in total. The zero-order chi connectivity index (χ0) is 14.9. The standard InChI is InChI=1S/C15H21F3N2/c1-10-7-20(8-11(10)2)9-14(19)12-4-3-5-13(6-12)15(16,17)18/h3-6,10-11,14H,7-9,19H2,1-2H3. The molecule has 2 nitrogen and oxygen atoms in total. The lowest BCUT2D eigenvalue weighted by molar-refractivity contribution is -0.137. The molecule has 5 heteroatoms. The first-order valence-corrected chi connectivity index (χ1v) is 6.92. The van der Waals surface area contributed by atoms with Gasteiger partial charge in [-0.3, -0.25) is 0 Å². The van der Waals surface area contributed by atoms with Crippen LogP contribution >= 0.6 is 0 Å². The Morgan fingerprint density at radius 2 is 1.85 bits per heavy atom. The fourth-order valence-electron chi connectivity index (χ4n) is 2.73. The molecule has 1 aromatic rings. The molecular weight excluding hydrogens is 265 g/mol. The van der Waals surface area contributed by atoms with Crippen LogP contribution in [-0.2, 0) is 6.18 Å². The summed E-state index contributed by atoms with van der Waals surface area (Å²) >= 11 is 0. The van der Waals surface area contributed by atoms with E-state index in [4.69, 9.17) is 5.73 Å². The smallest absolute Gasteiger partial charge is 0.323 e. The summed E-state index contributed by atoms with van der Waals surface area (Å²) < 4.78 is 38.1. The van der Waals surface area contributed by atoms with Gasteiger partial charge in [-0.2, -0.15) is 13.2 Å². The number of likely N-dealkylation sites (tertiary alicyclic amines) is 1. The van der Waals surface area contributed by atoms with Crippen LogP contribution in [-0.4, -0.2) is 24.5 Å². The molecule has 1 aliphatic heterocycles. The lowest BCUT2D eigenvalue weighted by Gasteiger charge is -2.21. The average molecular weight is 286 g/mol. The van der Waals surface area contributed by atoms with Crippen LogP contribution in [0.25, 0.3) is 0 Å². The van der Waals surface area contributed by atoms with E-state index >= 15 is 0 Å². The Balaban J connectivity index is 2.04. The van der Waals surface area contributed by atoms with E-state index in [1.54, 1.807) is 6.07 Å². The Hall–Kier alpha value is -1.07. The average Bonchev–Trinajstić information content (AvgIpc) is 2.67. The normalized spacial score (nSPS) is 25.9. The highest BCUT2D eigenvalue weighted by molar-refractivity contribution is 5.28. The maximum Gasteiger partial charge on any atom is 0.416 e. The summed E-state index contributed by atoms with van der Waals surface area (Å²) in [5.74, 6) is 1.23. The number of nitrogens with zero attached hydrogens (tertiary/aromatic N) is 1. The van der Waals surface area contributed by atoms with E-state index in [1.165, 1.54) is 6.07 Å². The Morgan fingerprint density at radius 3 is 2.40 bits per heavy atom. The molecule has 0 saturated carbocycles. The van der Waals surface area contributed by atoms with Gasteiger partial charge in [0.05, 0.1) is 5.56 Å². The number of halogens is 3. The number of benzene rings is 1. The van der Waals surface area contributed by atoms with E-state index < -0.39 is 11.7 Å². The Labute approximate surface area is 117 Å². The van der Waals surface area contributed by atoms with Crippen molar-refractivity contribution in [2.75, 3.05) is 19.6 Å². The molecule has 1 saturated heterocycles. The summed E-state index contributed by atoms with van der Waals surface area (Å²) in [6.07, 6.45) is -4.31. The van der Waals surface area contributed by atoms with E-state index in [1.807, 2.05) is 0 Å². The van der Waals surface area contributed by atoms with Crippen LogP contribution in [0.1, 0.15) is 31.0 Å².